The zero-order valence-corrected chi connectivity index (χ0v) is 18.0. The van der Waals surface area contributed by atoms with Crippen LogP contribution >= 0.6 is 0 Å². The molecule has 6 heteroatoms. The molecule has 2 atom stereocenters. The Morgan fingerprint density at radius 2 is 1.67 bits per heavy atom. The maximum absolute atomic E-state index is 10.8. The fraction of sp³-hybridized carbons (Fsp3) is 0.500. The summed E-state index contributed by atoms with van der Waals surface area (Å²) in [7, 11) is 3.04. The van der Waals surface area contributed by atoms with Crippen molar-refractivity contribution >= 4 is 0 Å². The molecule has 1 fully saturated rings. The molecule has 30 heavy (non-hydrogen) atoms. The van der Waals surface area contributed by atoms with Crippen LogP contribution in [0.4, 0.5) is 0 Å². The summed E-state index contributed by atoms with van der Waals surface area (Å²) >= 11 is 0. The van der Waals surface area contributed by atoms with Gasteiger partial charge in [-0.2, -0.15) is 0 Å². The molecule has 1 aliphatic carbocycles. The van der Waals surface area contributed by atoms with E-state index < -0.39 is 5.79 Å². The average Bonchev–Trinajstić information content (AvgIpc) is 3.00. The smallest absolute Gasteiger partial charge is 0.203 e. The Labute approximate surface area is 177 Å². The lowest BCUT2D eigenvalue weighted by atomic mass is 9.95. The number of fused-ring (bicyclic) bond motifs is 6. The molecule has 2 aromatic rings. The minimum Gasteiger partial charge on any atom is -0.507 e. The first-order valence-electron chi connectivity index (χ1n) is 10.5. The summed E-state index contributed by atoms with van der Waals surface area (Å²) in [5, 5.41) is 21.4. The van der Waals surface area contributed by atoms with E-state index in [1.165, 1.54) is 14.2 Å². The predicted molar refractivity (Wildman–Crippen MR) is 113 cm³/mol. The van der Waals surface area contributed by atoms with Crippen molar-refractivity contribution in [2.75, 3.05) is 14.2 Å². The quantitative estimate of drug-likeness (QED) is 0.750. The molecule has 2 aromatic carbocycles. The Balaban J connectivity index is 1.85. The predicted octanol–water partition coefficient (Wildman–Crippen LogP) is 4.57. The maximum Gasteiger partial charge on any atom is 0.203 e. The Kier molecular flexibility index (Phi) is 5.55. The van der Waals surface area contributed by atoms with Gasteiger partial charge in [-0.05, 0) is 62.4 Å². The Morgan fingerprint density at radius 1 is 0.933 bits per heavy atom. The molecule has 0 unspecified atom stereocenters. The Bertz CT molecular complexity index is 936. The number of phenols is 2. The SMILES string of the molecule is COc1c2cc(c(O)c1OC)CCCC[C@@H]1OC(C)(C)O[C@H]1Cc1ccc(O)c-2c1. The summed E-state index contributed by atoms with van der Waals surface area (Å²) in [5.41, 5.74) is 3.14. The molecule has 6 nitrogen and oxygen atoms in total. The van der Waals surface area contributed by atoms with Crippen LogP contribution in [0.25, 0.3) is 11.1 Å². The van der Waals surface area contributed by atoms with Crippen molar-refractivity contribution in [3.8, 4) is 34.1 Å². The van der Waals surface area contributed by atoms with Gasteiger partial charge in [0.1, 0.15) is 5.75 Å². The lowest BCUT2D eigenvalue weighted by Gasteiger charge is -2.19. The van der Waals surface area contributed by atoms with Gasteiger partial charge in [-0.15, -0.1) is 0 Å². The number of ether oxygens (including phenoxy) is 4. The van der Waals surface area contributed by atoms with Gasteiger partial charge < -0.3 is 29.2 Å². The first-order valence-corrected chi connectivity index (χ1v) is 10.5. The van der Waals surface area contributed by atoms with Crippen LogP contribution in [-0.2, 0) is 22.3 Å². The standard InChI is InChI=1S/C24H30O6/c1-24(2)29-19-8-6-5-7-15-13-17(22(27-3)23(28-4)21(15)26)16-11-14(9-10-18(16)25)12-20(19)30-24/h9-11,13,19-20,25-26H,5-8,12H2,1-4H3/t19-,20-/m0/s1. The van der Waals surface area contributed by atoms with E-state index in [0.717, 1.165) is 30.4 Å². The van der Waals surface area contributed by atoms with Crippen molar-refractivity contribution < 1.29 is 29.2 Å². The molecule has 0 amide bonds. The first kappa shape index (κ1) is 20.8. The topological polar surface area (TPSA) is 77.4 Å². The lowest BCUT2D eigenvalue weighted by Crippen LogP contribution is -2.25. The van der Waals surface area contributed by atoms with Crippen LogP contribution in [0.5, 0.6) is 23.0 Å². The van der Waals surface area contributed by atoms with E-state index >= 15 is 0 Å². The third kappa shape index (κ3) is 3.82. The minimum atomic E-state index is -0.606. The van der Waals surface area contributed by atoms with Crippen molar-refractivity contribution in [1.29, 1.82) is 0 Å². The van der Waals surface area contributed by atoms with Crippen LogP contribution in [-0.4, -0.2) is 42.4 Å². The molecule has 0 spiro atoms. The van der Waals surface area contributed by atoms with Crippen molar-refractivity contribution in [2.24, 2.45) is 0 Å². The van der Waals surface area contributed by atoms with Gasteiger partial charge in [-0.1, -0.05) is 12.5 Å². The zero-order valence-electron chi connectivity index (χ0n) is 18.0. The Hall–Kier alpha value is -2.44. The van der Waals surface area contributed by atoms with Gasteiger partial charge in [0.25, 0.3) is 0 Å². The number of benzene rings is 2. The molecule has 162 valence electrons. The molecule has 2 aliphatic rings. The van der Waals surface area contributed by atoms with E-state index in [-0.39, 0.29) is 29.5 Å². The number of aryl methyl sites for hydroxylation is 1. The van der Waals surface area contributed by atoms with Crippen molar-refractivity contribution in [3.05, 3.63) is 35.4 Å². The summed E-state index contributed by atoms with van der Waals surface area (Å²) in [5.74, 6) is 0.315. The molecule has 0 aromatic heterocycles. The normalized spacial score (nSPS) is 22.9. The van der Waals surface area contributed by atoms with Crippen LogP contribution < -0.4 is 9.47 Å². The zero-order chi connectivity index (χ0) is 21.5. The third-order valence-corrected chi connectivity index (χ3v) is 5.95. The van der Waals surface area contributed by atoms with Crippen LogP contribution in [0, 0.1) is 0 Å². The van der Waals surface area contributed by atoms with Gasteiger partial charge in [-0.3, -0.25) is 0 Å². The van der Waals surface area contributed by atoms with Crippen molar-refractivity contribution in [2.45, 2.75) is 63.9 Å². The molecular formula is C24H30O6. The van der Waals surface area contributed by atoms with E-state index in [1.54, 1.807) is 6.07 Å². The van der Waals surface area contributed by atoms with Crippen molar-refractivity contribution in [3.63, 3.8) is 0 Å². The molecular weight excluding hydrogens is 384 g/mol. The van der Waals surface area contributed by atoms with Gasteiger partial charge in [0.2, 0.25) is 5.75 Å². The highest BCUT2D eigenvalue weighted by molar-refractivity contribution is 5.81. The van der Waals surface area contributed by atoms with Crippen LogP contribution in [0.15, 0.2) is 24.3 Å². The summed E-state index contributed by atoms with van der Waals surface area (Å²) < 4.78 is 23.4. The molecule has 0 saturated carbocycles. The molecule has 4 rings (SSSR count). The Morgan fingerprint density at radius 3 is 2.40 bits per heavy atom. The second kappa shape index (κ2) is 8.00. The van der Waals surface area contributed by atoms with Gasteiger partial charge >= 0.3 is 0 Å². The maximum atomic E-state index is 10.8. The molecule has 0 radical (unpaired) electrons. The van der Waals surface area contributed by atoms with E-state index in [1.807, 2.05) is 32.0 Å². The van der Waals surface area contributed by atoms with Crippen LogP contribution in [0.1, 0.15) is 44.2 Å². The largest absolute Gasteiger partial charge is 0.507 e. The fourth-order valence-electron chi connectivity index (χ4n) is 4.61. The highest BCUT2D eigenvalue weighted by Gasteiger charge is 2.40. The van der Waals surface area contributed by atoms with E-state index in [0.29, 0.717) is 29.7 Å². The number of phenolic OH excluding ortho intramolecular Hbond substituents is 2. The number of aromatic hydroxyl groups is 2. The van der Waals surface area contributed by atoms with Gasteiger partial charge in [0, 0.05) is 17.5 Å². The highest BCUT2D eigenvalue weighted by atomic mass is 16.7. The van der Waals surface area contributed by atoms with Gasteiger partial charge in [0.05, 0.1) is 26.4 Å². The molecule has 1 saturated heterocycles. The third-order valence-electron chi connectivity index (χ3n) is 5.95. The molecule has 2 N–H and O–H groups in total. The number of hydrogen-bond donors (Lipinski definition) is 2. The minimum absolute atomic E-state index is 0.0128. The average molecular weight is 414 g/mol. The summed E-state index contributed by atoms with van der Waals surface area (Å²) in [6.07, 6.45) is 4.06. The summed E-state index contributed by atoms with van der Waals surface area (Å²) in [6.45, 7) is 3.90. The van der Waals surface area contributed by atoms with Crippen molar-refractivity contribution in [1.82, 2.24) is 0 Å². The summed E-state index contributed by atoms with van der Waals surface area (Å²) in [4.78, 5) is 0. The number of hydrogen-bond acceptors (Lipinski definition) is 6. The fourth-order valence-corrected chi connectivity index (χ4v) is 4.61. The van der Waals surface area contributed by atoms with Gasteiger partial charge in [0.15, 0.2) is 17.3 Å². The first-order chi connectivity index (χ1) is 14.3. The second-order valence-electron chi connectivity index (χ2n) is 8.51. The van der Waals surface area contributed by atoms with Gasteiger partial charge in [-0.25, -0.2) is 0 Å². The highest BCUT2D eigenvalue weighted by Crippen LogP contribution is 2.49. The van der Waals surface area contributed by atoms with E-state index in [4.69, 9.17) is 18.9 Å². The van der Waals surface area contributed by atoms with E-state index in [9.17, 15) is 10.2 Å². The number of methoxy groups -OCH3 is 2. The summed E-state index contributed by atoms with van der Waals surface area (Å²) in [6, 6.07) is 7.45. The van der Waals surface area contributed by atoms with Crippen LogP contribution in [0.3, 0.4) is 0 Å². The molecule has 1 aliphatic heterocycles. The molecule has 1 heterocycles. The second-order valence-corrected chi connectivity index (χ2v) is 8.51. The lowest BCUT2D eigenvalue weighted by molar-refractivity contribution is -0.146. The van der Waals surface area contributed by atoms with Crippen LogP contribution in [0.2, 0.25) is 0 Å². The van der Waals surface area contributed by atoms with E-state index in [2.05, 4.69) is 0 Å². The molecule has 4 bridgehead atoms. The number of rotatable bonds is 2. The monoisotopic (exact) mass is 414 g/mol.